The van der Waals surface area contributed by atoms with E-state index in [2.05, 4.69) is 10.2 Å². The van der Waals surface area contributed by atoms with Crippen molar-refractivity contribution in [2.45, 2.75) is 87.6 Å². The van der Waals surface area contributed by atoms with E-state index in [9.17, 15) is 27.1 Å². The van der Waals surface area contributed by atoms with Crippen LogP contribution in [0.2, 0.25) is 0 Å². The number of carboxylic acids is 1. The summed E-state index contributed by atoms with van der Waals surface area (Å²) >= 11 is 0. The third kappa shape index (κ3) is 6.14. The Balaban J connectivity index is 1.43. The molecule has 0 aromatic heterocycles. The average Bonchev–Trinajstić information content (AvgIpc) is 3.32. The van der Waals surface area contributed by atoms with E-state index in [1.807, 2.05) is 13.0 Å². The number of sulfonamides is 1. The Morgan fingerprint density at radius 2 is 1.86 bits per heavy atom. The van der Waals surface area contributed by atoms with Crippen LogP contribution in [0, 0.1) is 12.8 Å². The third-order valence-electron chi connectivity index (χ3n) is 7.75. The van der Waals surface area contributed by atoms with Crippen LogP contribution in [0.15, 0.2) is 23.1 Å². The van der Waals surface area contributed by atoms with Crippen LogP contribution in [0.5, 0.6) is 0 Å². The van der Waals surface area contributed by atoms with Crippen molar-refractivity contribution in [3.05, 3.63) is 23.8 Å². The number of anilines is 1. The Morgan fingerprint density at radius 3 is 2.57 bits per heavy atom. The van der Waals surface area contributed by atoms with E-state index in [0.717, 1.165) is 48.8 Å². The molecule has 3 aliphatic rings. The highest BCUT2D eigenvalue weighted by Crippen LogP contribution is 2.36. The van der Waals surface area contributed by atoms with Gasteiger partial charge in [-0.05, 0) is 82.0 Å². The lowest BCUT2D eigenvalue weighted by molar-refractivity contribution is -0.140. The summed E-state index contributed by atoms with van der Waals surface area (Å²) in [5, 5.41) is 13.0. The monoisotopic (exact) mass is 513 g/mol. The van der Waals surface area contributed by atoms with Gasteiger partial charge in [0, 0.05) is 38.5 Å². The molecule has 1 saturated carbocycles. The van der Waals surface area contributed by atoms with Crippen LogP contribution in [0.25, 0.3) is 0 Å². The van der Waals surface area contributed by atoms with Gasteiger partial charge in [-0.15, -0.1) is 0 Å². The lowest BCUT2D eigenvalue weighted by Crippen LogP contribution is -2.42. The minimum atomic E-state index is -3.95. The molecular formula is C25H37F2N3O4S. The largest absolute Gasteiger partial charge is 0.480 e. The van der Waals surface area contributed by atoms with Crippen LogP contribution in [0.1, 0.15) is 63.4 Å². The Labute approximate surface area is 206 Å². The molecule has 0 radical (unpaired) electrons. The van der Waals surface area contributed by atoms with Gasteiger partial charge in [-0.3, -0.25) is 4.79 Å². The highest BCUT2D eigenvalue weighted by molar-refractivity contribution is 7.89. The fraction of sp³-hybridized carbons (Fsp3) is 0.720. The van der Waals surface area contributed by atoms with Gasteiger partial charge in [-0.25, -0.2) is 17.2 Å². The van der Waals surface area contributed by atoms with Gasteiger partial charge in [-0.1, -0.05) is 6.07 Å². The van der Waals surface area contributed by atoms with Crippen molar-refractivity contribution in [1.29, 1.82) is 0 Å². The van der Waals surface area contributed by atoms with Crippen molar-refractivity contribution in [3.8, 4) is 0 Å². The summed E-state index contributed by atoms with van der Waals surface area (Å²) in [6, 6.07) is 4.39. The van der Waals surface area contributed by atoms with Crippen molar-refractivity contribution in [1.82, 2.24) is 9.62 Å². The second kappa shape index (κ2) is 10.7. The Bertz CT molecular complexity index is 1010. The third-order valence-corrected chi connectivity index (χ3v) is 9.71. The zero-order valence-corrected chi connectivity index (χ0v) is 21.2. The van der Waals surface area contributed by atoms with Gasteiger partial charge < -0.3 is 15.3 Å². The number of rotatable bonds is 8. The molecule has 0 amide bonds. The Hall–Kier alpha value is -1.78. The lowest BCUT2D eigenvalue weighted by Gasteiger charge is -2.36. The van der Waals surface area contributed by atoms with Gasteiger partial charge in [0.15, 0.2) is 0 Å². The number of aliphatic carboxylic acids is 1. The molecule has 2 heterocycles. The predicted molar refractivity (Wildman–Crippen MR) is 130 cm³/mol. The maximum Gasteiger partial charge on any atom is 0.322 e. The maximum atomic E-state index is 13.6. The van der Waals surface area contributed by atoms with Crippen molar-refractivity contribution >= 4 is 21.7 Å². The summed E-state index contributed by atoms with van der Waals surface area (Å²) in [6.45, 7) is 4.37. The topological polar surface area (TPSA) is 90.0 Å². The average molecular weight is 514 g/mol. The number of hydrogen-bond acceptors (Lipinski definition) is 5. The standard InChI is InChI=1S/C25H37F2N3O4S/c1-18-6-7-23(35(33,34)30-15-3-5-21(30)24(31)32)22(16-18)29-14-2-4-19(17-29)10-13-28-20-8-11-25(26,27)12-9-20/h6-7,16,19-21,28H,2-5,8-15,17H2,1H3,(H,31,32)/t19?,21-/m0/s1. The molecule has 3 fully saturated rings. The molecule has 2 aliphatic heterocycles. The number of alkyl halides is 2. The summed E-state index contributed by atoms with van der Waals surface area (Å²) < 4.78 is 55.1. The van der Waals surface area contributed by atoms with Gasteiger partial charge in [0.25, 0.3) is 0 Å². The first kappa shape index (κ1) is 26.3. The first-order chi connectivity index (χ1) is 16.6. The molecule has 2 atom stereocenters. The molecule has 10 heteroatoms. The van der Waals surface area contributed by atoms with E-state index < -0.39 is 28.0 Å². The molecule has 2 saturated heterocycles. The second-order valence-electron chi connectivity index (χ2n) is 10.4. The quantitative estimate of drug-likeness (QED) is 0.546. The van der Waals surface area contributed by atoms with E-state index in [1.165, 1.54) is 0 Å². The van der Waals surface area contributed by atoms with E-state index in [-0.39, 0.29) is 30.3 Å². The number of halogens is 2. The summed E-state index contributed by atoms with van der Waals surface area (Å²) in [5.41, 5.74) is 1.60. The predicted octanol–water partition coefficient (Wildman–Crippen LogP) is 4.01. The summed E-state index contributed by atoms with van der Waals surface area (Å²) in [7, 11) is -3.95. The molecule has 2 N–H and O–H groups in total. The van der Waals surface area contributed by atoms with Gasteiger partial charge in [-0.2, -0.15) is 4.31 Å². The Morgan fingerprint density at radius 1 is 1.14 bits per heavy atom. The summed E-state index contributed by atoms with van der Waals surface area (Å²) in [6.07, 6.45) is 4.66. The van der Waals surface area contributed by atoms with Crippen molar-refractivity contribution < 1.29 is 27.1 Å². The fourth-order valence-corrected chi connectivity index (χ4v) is 7.59. The van der Waals surface area contributed by atoms with E-state index in [1.54, 1.807) is 12.1 Å². The van der Waals surface area contributed by atoms with Gasteiger partial charge in [0.05, 0.1) is 5.69 Å². The second-order valence-corrected chi connectivity index (χ2v) is 12.3. The van der Waals surface area contributed by atoms with Gasteiger partial charge >= 0.3 is 5.97 Å². The molecule has 1 aliphatic carbocycles. The number of nitrogens with one attached hydrogen (secondary N) is 1. The van der Waals surface area contributed by atoms with Crippen molar-refractivity contribution in [2.75, 3.05) is 31.1 Å². The minimum Gasteiger partial charge on any atom is -0.480 e. The highest BCUT2D eigenvalue weighted by Gasteiger charge is 2.41. The Kier molecular flexibility index (Phi) is 8.02. The minimum absolute atomic E-state index is 0.0494. The first-order valence-electron chi connectivity index (χ1n) is 12.8. The number of piperidine rings is 1. The number of carbonyl (C=O) groups is 1. The molecule has 4 rings (SSSR count). The molecule has 1 aromatic carbocycles. The normalized spacial score (nSPS) is 26.2. The number of nitrogens with zero attached hydrogens (tertiary/aromatic N) is 2. The van der Waals surface area contributed by atoms with Crippen LogP contribution in [-0.4, -0.2) is 68.0 Å². The van der Waals surface area contributed by atoms with Gasteiger partial charge in [0.2, 0.25) is 15.9 Å². The molecule has 7 nitrogen and oxygen atoms in total. The zero-order chi connectivity index (χ0) is 25.2. The van der Waals surface area contributed by atoms with Crippen molar-refractivity contribution in [3.63, 3.8) is 0 Å². The summed E-state index contributed by atoms with van der Waals surface area (Å²) in [5.74, 6) is -3.25. The molecule has 0 bridgehead atoms. The van der Waals surface area contributed by atoms with Crippen molar-refractivity contribution in [2.24, 2.45) is 5.92 Å². The SMILES string of the molecule is Cc1ccc(S(=O)(=O)N2CCC[C@H]2C(=O)O)c(N2CCCC(CCNC3CCC(F)(F)CC3)C2)c1. The number of benzene rings is 1. The van der Waals surface area contributed by atoms with E-state index >= 15 is 0 Å². The van der Waals surface area contributed by atoms with E-state index in [4.69, 9.17) is 0 Å². The van der Waals surface area contributed by atoms with Crippen LogP contribution in [0.3, 0.4) is 0 Å². The molecule has 35 heavy (non-hydrogen) atoms. The first-order valence-corrected chi connectivity index (χ1v) is 14.2. The molecule has 0 spiro atoms. The van der Waals surface area contributed by atoms with Gasteiger partial charge in [0.1, 0.15) is 10.9 Å². The highest BCUT2D eigenvalue weighted by atomic mass is 32.2. The zero-order valence-electron chi connectivity index (χ0n) is 20.4. The molecular weight excluding hydrogens is 476 g/mol. The van der Waals surface area contributed by atoms with Crippen LogP contribution < -0.4 is 10.2 Å². The molecule has 196 valence electrons. The van der Waals surface area contributed by atoms with Crippen LogP contribution in [-0.2, 0) is 14.8 Å². The smallest absolute Gasteiger partial charge is 0.322 e. The van der Waals surface area contributed by atoms with Crippen LogP contribution in [0.4, 0.5) is 14.5 Å². The molecule has 1 unspecified atom stereocenters. The lowest BCUT2D eigenvalue weighted by atomic mass is 9.91. The summed E-state index contributed by atoms with van der Waals surface area (Å²) in [4.78, 5) is 14.0. The van der Waals surface area contributed by atoms with Crippen LogP contribution >= 0.6 is 0 Å². The number of aryl methyl sites for hydroxylation is 1. The fourth-order valence-electron chi connectivity index (χ4n) is 5.75. The molecule has 1 aromatic rings. The number of carboxylic acid groups (broad SMARTS) is 1. The maximum absolute atomic E-state index is 13.6. The number of hydrogen-bond donors (Lipinski definition) is 2. The van der Waals surface area contributed by atoms with E-state index in [0.29, 0.717) is 37.3 Å².